The second kappa shape index (κ2) is 7.39. The molecule has 0 aromatic rings. The molecule has 1 amide bonds. The van der Waals surface area contributed by atoms with Crippen molar-refractivity contribution < 1.29 is 4.79 Å². The van der Waals surface area contributed by atoms with E-state index in [1.54, 1.807) is 11.8 Å². The standard InChI is InChI=1S/C14H28N2OS/c1-5-18-13(10(2)3)14(17)16-8-6-12(7-9-16)11(4)15/h10-13H,5-9,15H2,1-4H3. The zero-order valence-corrected chi connectivity index (χ0v) is 13.0. The summed E-state index contributed by atoms with van der Waals surface area (Å²) in [6.07, 6.45) is 2.12. The molecule has 1 fully saturated rings. The van der Waals surface area contributed by atoms with Gasteiger partial charge >= 0.3 is 0 Å². The lowest BCUT2D eigenvalue weighted by molar-refractivity contribution is -0.132. The van der Waals surface area contributed by atoms with Crippen molar-refractivity contribution >= 4 is 17.7 Å². The van der Waals surface area contributed by atoms with Gasteiger partial charge in [0.05, 0.1) is 5.25 Å². The molecular weight excluding hydrogens is 244 g/mol. The summed E-state index contributed by atoms with van der Waals surface area (Å²) in [4.78, 5) is 14.5. The van der Waals surface area contributed by atoms with Crippen LogP contribution in [0.15, 0.2) is 0 Å². The molecule has 1 heterocycles. The van der Waals surface area contributed by atoms with E-state index >= 15 is 0 Å². The number of amides is 1. The van der Waals surface area contributed by atoms with Crippen molar-refractivity contribution in [3.8, 4) is 0 Å². The van der Waals surface area contributed by atoms with E-state index in [9.17, 15) is 4.79 Å². The van der Waals surface area contributed by atoms with E-state index in [0.717, 1.165) is 31.7 Å². The maximum Gasteiger partial charge on any atom is 0.235 e. The second-order valence-corrected chi connectivity index (χ2v) is 7.06. The minimum absolute atomic E-state index is 0.127. The summed E-state index contributed by atoms with van der Waals surface area (Å²) in [6.45, 7) is 10.2. The van der Waals surface area contributed by atoms with E-state index in [-0.39, 0.29) is 11.3 Å². The molecular formula is C14H28N2OS. The van der Waals surface area contributed by atoms with Crippen molar-refractivity contribution in [1.29, 1.82) is 0 Å². The first-order valence-electron chi connectivity index (χ1n) is 7.13. The maximum absolute atomic E-state index is 12.5. The van der Waals surface area contributed by atoms with Crippen LogP contribution in [0.3, 0.4) is 0 Å². The molecule has 2 unspecified atom stereocenters. The molecule has 0 spiro atoms. The van der Waals surface area contributed by atoms with E-state index in [4.69, 9.17) is 5.73 Å². The van der Waals surface area contributed by atoms with Gasteiger partial charge in [-0.2, -0.15) is 0 Å². The molecule has 106 valence electrons. The van der Waals surface area contributed by atoms with Crippen molar-refractivity contribution in [2.75, 3.05) is 18.8 Å². The van der Waals surface area contributed by atoms with Gasteiger partial charge in [0.2, 0.25) is 5.91 Å². The lowest BCUT2D eigenvalue weighted by Gasteiger charge is -2.36. The Kier molecular flexibility index (Phi) is 6.50. The third-order valence-electron chi connectivity index (χ3n) is 3.79. The fraction of sp³-hybridized carbons (Fsp3) is 0.929. The quantitative estimate of drug-likeness (QED) is 0.835. The van der Waals surface area contributed by atoms with Crippen molar-refractivity contribution in [3.05, 3.63) is 0 Å². The number of nitrogens with zero attached hydrogens (tertiary/aromatic N) is 1. The molecule has 0 saturated carbocycles. The number of thioether (sulfide) groups is 1. The van der Waals surface area contributed by atoms with E-state index < -0.39 is 0 Å². The second-order valence-electron chi connectivity index (χ2n) is 5.64. The predicted molar refractivity (Wildman–Crippen MR) is 79.7 cm³/mol. The number of nitrogens with two attached hydrogens (primary N) is 1. The summed E-state index contributed by atoms with van der Waals surface area (Å²) in [7, 11) is 0. The lowest BCUT2D eigenvalue weighted by Crippen LogP contribution is -2.46. The molecule has 0 radical (unpaired) electrons. The van der Waals surface area contributed by atoms with Crippen LogP contribution < -0.4 is 5.73 Å². The highest BCUT2D eigenvalue weighted by atomic mass is 32.2. The number of carbonyl (C=O) groups is 1. The van der Waals surface area contributed by atoms with Gasteiger partial charge in [-0.05, 0) is 37.4 Å². The molecule has 4 heteroatoms. The summed E-state index contributed by atoms with van der Waals surface area (Å²) >= 11 is 1.78. The zero-order valence-electron chi connectivity index (χ0n) is 12.2. The minimum Gasteiger partial charge on any atom is -0.342 e. The van der Waals surface area contributed by atoms with Crippen LogP contribution in [0, 0.1) is 11.8 Å². The van der Waals surface area contributed by atoms with Crippen molar-refractivity contribution in [2.45, 2.75) is 51.8 Å². The van der Waals surface area contributed by atoms with Gasteiger partial charge in [-0.3, -0.25) is 4.79 Å². The van der Waals surface area contributed by atoms with Crippen LogP contribution in [0.5, 0.6) is 0 Å². The topological polar surface area (TPSA) is 46.3 Å². The van der Waals surface area contributed by atoms with Crippen LogP contribution in [0.1, 0.15) is 40.5 Å². The molecule has 0 aliphatic carbocycles. The molecule has 3 nitrogen and oxygen atoms in total. The summed E-state index contributed by atoms with van der Waals surface area (Å²) in [5, 5.41) is 0.127. The van der Waals surface area contributed by atoms with Gasteiger partial charge < -0.3 is 10.6 Å². The van der Waals surface area contributed by atoms with E-state index in [2.05, 4.69) is 27.7 Å². The first kappa shape index (κ1) is 15.8. The van der Waals surface area contributed by atoms with Crippen LogP contribution in [0.4, 0.5) is 0 Å². The first-order chi connectivity index (χ1) is 8.47. The zero-order chi connectivity index (χ0) is 13.7. The third kappa shape index (κ3) is 4.16. The number of carbonyl (C=O) groups excluding carboxylic acids is 1. The molecule has 18 heavy (non-hydrogen) atoms. The van der Waals surface area contributed by atoms with E-state index in [1.165, 1.54) is 0 Å². The molecule has 0 aromatic heterocycles. The molecule has 1 aliphatic rings. The highest BCUT2D eigenvalue weighted by Gasteiger charge is 2.30. The molecule has 1 rings (SSSR count). The minimum atomic E-state index is 0.127. The highest BCUT2D eigenvalue weighted by Crippen LogP contribution is 2.25. The monoisotopic (exact) mass is 272 g/mol. The maximum atomic E-state index is 12.5. The van der Waals surface area contributed by atoms with Crippen molar-refractivity contribution in [3.63, 3.8) is 0 Å². The molecule has 0 bridgehead atoms. The predicted octanol–water partition coefficient (Wildman–Crippen LogP) is 2.35. The Hall–Kier alpha value is -0.220. The Labute approximate surface area is 116 Å². The van der Waals surface area contributed by atoms with Gasteiger partial charge in [0.15, 0.2) is 0 Å². The lowest BCUT2D eigenvalue weighted by atomic mass is 9.90. The Morgan fingerprint density at radius 2 is 1.89 bits per heavy atom. The molecule has 1 saturated heterocycles. The summed E-state index contributed by atoms with van der Waals surface area (Å²) < 4.78 is 0. The van der Waals surface area contributed by atoms with Gasteiger partial charge in [-0.25, -0.2) is 0 Å². The average molecular weight is 272 g/mol. The fourth-order valence-corrected chi connectivity index (χ4v) is 3.59. The molecule has 1 aliphatic heterocycles. The van der Waals surface area contributed by atoms with Gasteiger partial charge in [-0.15, -0.1) is 11.8 Å². The number of hydrogen-bond acceptors (Lipinski definition) is 3. The summed E-state index contributed by atoms with van der Waals surface area (Å²) in [5.41, 5.74) is 5.94. The van der Waals surface area contributed by atoms with E-state index in [0.29, 0.717) is 17.7 Å². The van der Waals surface area contributed by atoms with Crippen LogP contribution in [-0.4, -0.2) is 40.9 Å². The third-order valence-corrected chi connectivity index (χ3v) is 5.23. The number of piperidine rings is 1. The van der Waals surface area contributed by atoms with Crippen LogP contribution in [0.25, 0.3) is 0 Å². The number of likely N-dealkylation sites (tertiary alicyclic amines) is 1. The Bertz CT molecular complexity index is 261. The van der Waals surface area contributed by atoms with Gasteiger partial charge in [0, 0.05) is 19.1 Å². The highest BCUT2D eigenvalue weighted by molar-refractivity contribution is 8.00. The Morgan fingerprint density at radius 1 is 1.33 bits per heavy atom. The number of hydrogen-bond donors (Lipinski definition) is 1. The van der Waals surface area contributed by atoms with E-state index in [1.807, 2.05) is 4.90 Å². The van der Waals surface area contributed by atoms with Crippen LogP contribution in [0.2, 0.25) is 0 Å². The largest absolute Gasteiger partial charge is 0.342 e. The van der Waals surface area contributed by atoms with Crippen molar-refractivity contribution in [2.24, 2.45) is 17.6 Å². The SMILES string of the molecule is CCSC(C(=O)N1CCC(C(C)N)CC1)C(C)C. The first-order valence-corrected chi connectivity index (χ1v) is 8.18. The van der Waals surface area contributed by atoms with Crippen LogP contribution >= 0.6 is 11.8 Å². The normalized spacial score (nSPS) is 21.1. The number of rotatable bonds is 5. The van der Waals surface area contributed by atoms with Crippen molar-refractivity contribution in [1.82, 2.24) is 4.90 Å². The fourth-order valence-electron chi connectivity index (χ4n) is 2.55. The van der Waals surface area contributed by atoms with Gasteiger partial charge in [0.1, 0.15) is 0 Å². The summed E-state index contributed by atoms with van der Waals surface area (Å²) in [6, 6.07) is 0.258. The Balaban J connectivity index is 2.52. The molecule has 2 N–H and O–H groups in total. The average Bonchev–Trinajstić information content (AvgIpc) is 2.35. The smallest absolute Gasteiger partial charge is 0.235 e. The molecule has 2 atom stereocenters. The van der Waals surface area contributed by atoms with Crippen LogP contribution in [-0.2, 0) is 4.79 Å². The molecule has 0 aromatic carbocycles. The van der Waals surface area contributed by atoms with Gasteiger partial charge in [0.25, 0.3) is 0 Å². The summed E-state index contributed by atoms with van der Waals surface area (Å²) in [5.74, 6) is 2.34. The Morgan fingerprint density at radius 3 is 2.28 bits per heavy atom. The van der Waals surface area contributed by atoms with Gasteiger partial charge in [-0.1, -0.05) is 20.8 Å².